The molecule has 0 aromatic carbocycles. The molecule has 0 bridgehead atoms. The molecule has 0 heterocycles. The van der Waals surface area contributed by atoms with Gasteiger partial charge in [-0.05, 0) is 6.42 Å². The molecule has 1 fully saturated rings. The predicted molar refractivity (Wildman–Crippen MR) is 70.4 cm³/mol. The Kier molecular flexibility index (Phi) is 6.84. The molecule has 7 heteroatoms. The summed E-state index contributed by atoms with van der Waals surface area (Å²) < 4.78 is 0. The Balaban J connectivity index is 2.66. The van der Waals surface area contributed by atoms with E-state index in [0.29, 0.717) is 6.42 Å². The first-order valence-electron chi connectivity index (χ1n) is 6.85. The molecule has 1 rings (SSSR count). The molecule has 118 valence electrons. The number of hydrogen-bond donors (Lipinski definition) is 6. The third-order valence-corrected chi connectivity index (χ3v) is 3.76. The maximum absolute atomic E-state index is 11.7. The topological polar surface area (TPSA) is 130 Å². The monoisotopic (exact) mass is 290 g/mol. The zero-order valence-electron chi connectivity index (χ0n) is 11.4. The number of carbonyl (C=O) groups excluding carboxylic acids is 1. The van der Waals surface area contributed by atoms with Gasteiger partial charge in [-0.15, -0.1) is 0 Å². The Hall–Kier alpha value is -0.730. The van der Waals surface area contributed by atoms with Crippen molar-refractivity contribution in [3.63, 3.8) is 0 Å². The molecular weight excluding hydrogens is 266 g/mol. The molecule has 0 aromatic heterocycles. The van der Waals surface area contributed by atoms with Crippen molar-refractivity contribution in [2.24, 2.45) is 5.92 Å². The van der Waals surface area contributed by atoms with Crippen LogP contribution >= 0.6 is 0 Å². The summed E-state index contributed by atoms with van der Waals surface area (Å²) >= 11 is 0. The smallest absolute Gasteiger partial charge is 0.220 e. The summed E-state index contributed by atoms with van der Waals surface area (Å²) in [5.74, 6) is -1.27. The second-order valence-corrected chi connectivity index (χ2v) is 5.21. The third-order valence-electron chi connectivity index (χ3n) is 3.76. The standard InChI is InChI=1S/C13H24NO6/c1-2-3-4-5-8(16)14-9-7(6-15)10(17)12(19)13(20)11(9)18/h7,9-13,15,17-20H,1-6H2,(H,14,16)/q-1/t7-,9-,10-,11+,12-,13-/m0/s1. The van der Waals surface area contributed by atoms with Crippen LogP contribution in [0.25, 0.3) is 0 Å². The fourth-order valence-electron chi connectivity index (χ4n) is 2.47. The van der Waals surface area contributed by atoms with Crippen molar-refractivity contribution >= 4 is 5.91 Å². The van der Waals surface area contributed by atoms with Gasteiger partial charge in [-0.2, -0.15) is 6.42 Å². The van der Waals surface area contributed by atoms with Gasteiger partial charge < -0.3 is 37.8 Å². The summed E-state index contributed by atoms with van der Waals surface area (Å²) in [6.07, 6.45) is -3.57. The fraction of sp³-hybridized carbons (Fsp3) is 0.846. The van der Waals surface area contributed by atoms with Crippen molar-refractivity contribution in [1.82, 2.24) is 5.32 Å². The van der Waals surface area contributed by atoms with E-state index in [1.807, 2.05) is 0 Å². The molecule has 1 aliphatic rings. The number of aliphatic hydroxyl groups is 5. The van der Waals surface area contributed by atoms with E-state index in [1.165, 1.54) is 0 Å². The van der Waals surface area contributed by atoms with Crippen molar-refractivity contribution in [2.45, 2.75) is 56.1 Å². The molecular formula is C13H24NO6-. The van der Waals surface area contributed by atoms with E-state index in [-0.39, 0.29) is 12.3 Å². The quantitative estimate of drug-likeness (QED) is 0.246. The Morgan fingerprint density at radius 2 is 1.60 bits per heavy atom. The van der Waals surface area contributed by atoms with Crippen molar-refractivity contribution in [3.8, 4) is 0 Å². The summed E-state index contributed by atoms with van der Waals surface area (Å²) in [6, 6.07) is -0.999. The minimum atomic E-state index is -1.57. The van der Waals surface area contributed by atoms with Gasteiger partial charge in [-0.1, -0.05) is 6.42 Å². The van der Waals surface area contributed by atoms with Gasteiger partial charge in [0.1, 0.15) is 18.3 Å². The van der Waals surface area contributed by atoms with Crippen molar-refractivity contribution in [1.29, 1.82) is 0 Å². The van der Waals surface area contributed by atoms with Gasteiger partial charge in [-0.25, -0.2) is 0 Å². The Bertz CT molecular complexity index is 313. The van der Waals surface area contributed by atoms with Crippen LogP contribution in [0.1, 0.15) is 25.7 Å². The lowest BCUT2D eigenvalue weighted by Crippen LogP contribution is -2.66. The maximum Gasteiger partial charge on any atom is 0.220 e. The van der Waals surface area contributed by atoms with Crippen LogP contribution in [-0.2, 0) is 4.79 Å². The Morgan fingerprint density at radius 1 is 1.00 bits per heavy atom. The highest BCUT2D eigenvalue weighted by Gasteiger charge is 2.48. The molecule has 1 saturated carbocycles. The number of rotatable bonds is 6. The molecule has 6 atom stereocenters. The number of nitrogens with one attached hydrogen (secondary N) is 1. The molecule has 0 spiro atoms. The first kappa shape index (κ1) is 17.3. The molecule has 0 aromatic rings. The second-order valence-electron chi connectivity index (χ2n) is 5.21. The molecule has 0 radical (unpaired) electrons. The highest BCUT2D eigenvalue weighted by Crippen LogP contribution is 2.26. The van der Waals surface area contributed by atoms with Crippen LogP contribution in [-0.4, -0.2) is 68.5 Å². The minimum absolute atomic E-state index is 0.242. The lowest BCUT2D eigenvalue weighted by atomic mass is 9.77. The summed E-state index contributed by atoms with van der Waals surface area (Å²) in [5.41, 5.74) is 0. The fourth-order valence-corrected chi connectivity index (χ4v) is 2.47. The van der Waals surface area contributed by atoms with Gasteiger partial charge in [0.25, 0.3) is 0 Å². The zero-order valence-corrected chi connectivity index (χ0v) is 11.4. The summed E-state index contributed by atoms with van der Waals surface area (Å²) in [6.45, 7) is 3.14. The molecule has 20 heavy (non-hydrogen) atoms. The van der Waals surface area contributed by atoms with Gasteiger partial charge >= 0.3 is 0 Å². The van der Waals surface area contributed by atoms with Crippen LogP contribution in [0.3, 0.4) is 0 Å². The molecule has 0 aliphatic heterocycles. The van der Waals surface area contributed by atoms with Gasteiger partial charge in [-0.3, -0.25) is 4.79 Å². The average molecular weight is 290 g/mol. The number of unbranched alkanes of at least 4 members (excludes halogenated alkanes) is 2. The zero-order chi connectivity index (χ0) is 15.3. The second kappa shape index (κ2) is 7.90. The first-order valence-corrected chi connectivity index (χ1v) is 6.85. The summed E-state index contributed by atoms with van der Waals surface area (Å²) in [4.78, 5) is 11.7. The third kappa shape index (κ3) is 3.89. The first-order chi connectivity index (χ1) is 9.43. The number of hydrogen-bond acceptors (Lipinski definition) is 6. The Labute approximate surface area is 118 Å². The van der Waals surface area contributed by atoms with Crippen molar-refractivity contribution in [2.75, 3.05) is 6.61 Å². The van der Waals surface area contributed by atoms with E-state index in [4.69, 9.17) is 0 Å². The Morgan fingerprint density at radius 3 is 2.15 bits per heavy atom. The van der Waals surface area contributed by atoms with Gasteiger partial charge in [0, 0.05) is 12.3 Å². The van der Waals surface area contributed by atoms with E-state index >= 15 is 0 Å². The number of aliphatic hydroxyl groups excluding tert-OH is 5. The van der Waals surface area contributed by atoms with Gasteiger partial charge in [0.15, 0.2) is 0 Å². The molecule has 7 nitrogen and oxygen atoms in total. The summed E-state index contributed by atoms with van der Waals surface area (Å²) in [5, 5.41) is 50.6. The molecule has 0 saturated heterocycles. The van der Waals surface area contributed by atoms with E-state index in [2.05, 4.69) is 12.2 Å². The van der Waals surface area contributed by atoms with E-state index in [9.17, 15) is 30.3 Å². The minimum Gasteiger partial charge on any atom is -0.396 e. The highest BCUT2D eigenvalue weighted by molar-refractivity contribution is 5.76. The van der Waals surface area contributed by atoms with Crippen LogP contribution in [0, 0.1) is 12.8 Å². The molecule has 1 aliphatic carbocycles. The molecule has 6 N–H and O–H groups in total. The normalized spacial score (nSPS) is 37.7. The largest absolute Gasteiger partial charge is 0.396 e. The number of amides is 1. The van der Waals surface area contributed by atoms with E-state index in [0.717, 1.165) is 12.8 Å². The van der Waals surface area contributed by atoms with Crippen LogP contribution in [0.4, 0.5) is 0 Å². The van der Waals surface area contributed by atoms with E-state index in [1.54, 1.807) is 0 Å². The average Bonchev–Trinajstić information content (AvgIpc) is 2.43. The van der Waals surface area contributed by atoms with Crippen molar-refractivity contribution < 1.29 is 30.3 Å². The van der Waals surface area contributed by atoms with Crippen LogP contribution in [0.5, 0.6) is 0 Å². The SMILES string of the molecule is [CH2-]CCCCC(=O)N[C@@H]1[C@@H](O)[C@H](O)[C@@H](O)[C@@H](O)[C@H]1CO. The van der Waals surface area contributed by atoms with Gasteiger partial charge in [0.2, 0.25) is 5.91 Å². The van der Waals surface area contributed by atoms with Crippen LogP contribution in [0.2, 0.25) is 0 Å². The van der Waals surface area contributed by atoms with E-state index < -0.39 is 43.0 Å². The van der Waals surface area contributed by atoms with Crippen LogP contribution in [0.15, 0.2) is 0 Å². The molecule has 1 amide bonds. The summed E-state index contributed by atoms with van der Waals surface area (Å²) in [7, 11) is 0. The van der Waals surface area contributed by atoms with Crippen molar-refractivity contribution in [3.05, 3.63) is 6.92 Å². The molecule has 0 unspecified atom stereocenters. The van der Waals surface area contributed by atoms with Crippen LogP contribution < -0.4 is 5.32 Å². The lowest BCUT2D eigenvalue weighted by Gasteiger charge is -2.43. The highest BCUT2D eigenvalue weighted by atomic mass is 16.4. The predicted octanol–water partition coefficient (Wildman–Crippen LogP) is -2.07. The number of carbonyl (C=O) groups is 1. The lowest BCUT2D eigenvalue weighted by molar-refractivity contribution is -0.178. The van der Waals surface area contributed by atoms with Gasteiger partial charge in [0.05, 0.1) is 18.8 Å². The maximum atomic E-state index is 11.7.